The Morgan fingerprint density at radius 3 is 2.09 bits per heavy atom. The summed E-state index contributed by atoms with van der Waals surface area (Å²) in [5.74, 6) is 0. The molecular weight excluding hydrogens is 155 g/mol. The molecule has 11 heavy (non-hydrogen) atoms. The summed E-state index contributed by atoms with van der Waals surface area (Å²) in [6, 6.07) is 1.12. The zero-order valence-electron chi connectivity index (χ0n) is 6.24. The van der Waals surface area contributed by atoms with E-state index in [4.69, 9.17) is 0 Å². The van der Waals surface area contributed by atoms with Crippen LogP contribution in [0, 0.1) is 6.92 Å². The Balaban J connectivity index is 3.13. The van der Waals surface area contributed by atoms with Crippen molar-refractivity contribution in [1.29, 1.82) is 0 Å². The maximum atomic E-state index is 12.0. The molecule has 0 unspecified atom stereocenters. The van der Waals surface area contributed by atoms with Gasteiger partial charge in [-0.25, -0.2) is 0 Å². The molecule has 0 aliphatic heterocycles. The van der Waals surface area contributed by atoms with Crippen molar-refractivity contribution in [1.82, 2.24) is 4.57 Å². The smallest absolute Gasteiger partial charge is 0.347 e. The van der Waals surface area contributed by atoms with Crippen molar-refractivity contribution in [3.8, 4) is 0 Å². The topological polar surface area (TPSA) is 4.93 Å². The average molecular weight is 163 g/mol. The Labute approximate surface area is 62.4 Å². The summed E-state index contributed by atoms with van der Waals surface area (Å²) >= 11 is 0. The molecule has 1 nitrogen and oxygen atoms in total. The van der Waals surface area contributed by atoms with Gasteiger partial charge in [0, 0.05) is 13.2 Å². The zero-order chi connectivity index (χ0) is 8.65. The lowest BCUT2D eigenvalue weighted by atomic mass is 10.3. The molecular formula is C7H8F3N. The van der Waals surface area contributed by atoms with Crippen LogP contribution in [0.2, 0.25) is 0 Å². The van der Waals surface area contributed by atoms with E-state index in [0.717, 1.165) is 10.6 Å². The second-order valence-electron chi connectivity index (χ2n) is 2.51. The summed E-state index contributed by atoms with van der Waals surface area (Å²) in [4.78, 5) is 0. The van der Waals surface area contributed by atoms with E-state index in [1.54, 1.807) is 6.92 Å². The number of aryl methyl sites for hydroxylation is 2. The molecule has 0 N–H and O–H groups in total. The normalized spacial score (nSPS) is 12.1. The summed E-state index contributed by atoms with van der Waals surface area (Å²) in [5.41, 5.74) is 0.0230. The van der Waals surface area contributed by atoms with Crippen molar-refractivity contribution >= 4 is 0 Å². The van der Waals surface area contributed by atoms with Crippen LogP contribution in [0.1, 0.15) is 11.3 Å². The van der Waals surface area contributed by atoms with Crippen molar-refractivity contribution < 1.29 is 13.2 Å². The molecule has 0 aliphatic rings. The monoisotopic (exact) mass is 163 g/mol. The summed E-state index contributed by atoms with van der Waals surface area (Å²) in [6.45, 7) is 1.63. The number of hydrogen-bond acceptors (Lipinski definition) is 0. The van der Waals surface area contributed by atoms with E-state index in [1.165, 1.54) is 13.2 Å². The maximum absolute atomic E-state index is 12.0. The summed E-state index contributed by atoms with van der Waals surface area (Å²) < 4.78 is 37.2. The first-order valence-corrected chi connectivity index (χ1v) is 3.11. The van der Waals surface area contributed by atoms with E-state index in [2.05, 4.69) is 0 Å². The Hall–Kier alpha value is -0.930. The highest BCUT2D eigenvalue weighted by atomic mass is 19.4. The zero-order valence-corrected chi connectivity index (χ0v) is 6.24. The minimum atomic E-state index is -4.23. The maximum Gasteiger partial charge on any atom is 0.431 e. The molecule has 0 saturated heterocycles. The second kappa shape index (κ2) is 2.29. The largest absolute Gasteiger partial charge is 0.431 e. The molecule has 0 fully saturated rings. The van der Waals surface area contributed by atoms with Gasteiger partial charge in [-0.3, -0.25) is 0 Å². The van der Waals surface area contributed by atoms with Gasteiger partial charge in [-0.05, 0) is 18.6 Å². The highest BCUT2D eigenvalue weighted by Crippen LogP contribution is 2.29. The number of nitrogens with zero attached hydrogens (tertiary/aromatic N) is 1. The number of halogens is 3. The van der Waals surface area contributed by atoms with Crippen LogP contribution >= 0.6 is 0 Å². The number of aromatic nitrogens is 1. The highest BCUT2D eigenvalue weighted by molar-refractivity contribution is 5.19. The third-order valence-electron chi connectivity index (χ3n) is 1.43. The van der Waals surface area contributed by atoms with Crippen molar-refractivity contribution in [2.24, 2.45) is 7.05 Å². The Bertz CT molecular complexity index is 259. The van der Waals surface area contributed by atoms with Crippen LogP contribution in [0.25, 0.3) is 0 Å². The highest BCUT2D eigenvalue weighted by Gasteiger charge is 2.33. The predicted octanol–water partition coefficient (Wildman–Crippen LogP) is 2.35. The molecule has 0 bridgehead atoms. The number of alkyl halides is 3. The van der Waals surface area contributed by atoms with Gasteiger partial charge in [0.25, 0.3) is 0 Å². The molecule has 1 heterocycles. The number of rotatable bonds is 0. The van der Waals surface area contributed by atoms with Gasteiger partial charge in [-0.15, -0.1) is 0 Å². The SMILES string of the molecule is Cc1cc(C(F)(F)F)n(C)c1. The lowest BCUT2D eigenvalue weighted by molar-refractivity contribution is -0.143. The van der Waals surface area contributed by atoms with Crippen LogP contribution in [-0.2, 0) is 13.2 Å². The van der Waals surface area contributed by atoms with Gasteiger partial charge >= 0.3 is 6.18 Å². The Kier molecular flexibility index (Phi) is 1.70. The van der Waals surface area contributed by atoms with Crippen molar-refractivity contribution in [2.45, 2.75) is 13.1 Å². The third-order valence-corrected chi connectivity index (χ3v) is 1.43. The summed E-state index contributed by atoms with van der Waals surface area (Å²) in [6.07, 6.45) is -2.79. The van der Waals surface area contributed by atoms with Gasteiger partial charge in [-0.2, -0.15) is 13.2 Å². The fourth-order valence-corrected chi connectivity index (χ4v) is 1.01. The van der Waals surface area contributed by atoms with Gasteiger partial charge in [-0.1, -0.05) is 0 Å². The molecule has 0 atom stereocenters. The summed E-state index contributed by atoms with van der Waals surface area (Å²) in [5, 5.41) is 0. The molecule has 1 aromatic heterocycles. The van der Waals surface area contributed by atoms with Gasteiger partial charge in [0.15, 0.2) is 0 Å². The van der Waals surface area contributed by atoms with Crippen LogP contribution in [-0.4, -0.2) is 4.57 Å². The van der Waals surface area contributed by atoms with Gasteiger partial charge in [0.05, 0.1) is 0 Å². The van der Waals surface area contributed by atoms with E-state index in [-0.39, 0.29) is 0 Å². The molecule has 62 valence electrons. The standard InChI is InChI=1S/C7H8F3N/c1-5-3-6(7(8,9)10)11(2)4-5/h3-4H,1-2H3. The molecule has 0 amide bonds. The summed E-state index contributed by atoms with van der Waals surface area (Å²) in [7, 11) is 1.38. The van der Waals surface area contributed by atoms with E-state index in [9.17, 15) is 13.2 Å². The first-order valence-electron chi connectivity index (χ1n) is 3.11. The minimum absolute atomic E-state index is 0.602. The van der Waals surface area contributed by atoms with E-state index >= 15 is 0 Å². The van der Waals surface area contributed by atoms with Crippen LogP contribution < -0.4 is 0 Å². The fourth-order valence-electron chi connectivity index (χ4n) is 1.01. The lowest BCUT2D eigenvalue weighted by Gasteiger charge is -2.05. The molecule has 1 rings (SSSR count). The molecule has 4 heteroatoms. The second-order valence-corrected chi connectivity index (χ2v) is 2.51. The quantitative estimate of drug-likeness (QED) is 0.553. The first kappa shape index (κ1) is 8.17. The molecule has 0 aromatic carbocycles. The van der Waals surface area contributed by atoms with Gasteiger partial charge in [0.1, 0.15) is 5.69 Å². The van der Waals surface area contributed by atoms with Gasteiger partial charge in [0.2, 0.25) is 0 Å². The molecule has 0 radical (unpaired) electrons. The van der Waals surface area contributed by atoms with Gasteiger partial charge < -0.3 is 4.57 Å². The van der Waals surface area contributed by atoms with Crippen molar-refractivity contribution in [3.63, 3.8) is 0 Å². The fraction of sp³-hybridized carbons (Fsp3) is 0.429. The molecule has 0 saturated carbocycles. The van der Waals surface area contributed by atoms with E-state index in [1.807, 2.05) is 0 Å². The Morgan fingerprint density at radius 2 is 1.91 bits per heavy atom. The lowest BCUT2D eigenvalue weighted by Crippen LogP contribution is -2.09. The predicted molar refractivity (Wildman–Crippen MR) is 35.2 cm³/mol. The van der Waals surface area contributed by atoms with Crippen LogP contribution in [0.5, 0.6) is 0 Å². The minimum Gasteiger partial charge on any atom is -0.347 e. The van der Waals surface area contributed by atoms with Crippen molar-refractivity contribution in [3.05, 3.63) is 23.5 Å². The molecule has 0 aliphatic carbocycles. The van der Waals surface area contributed by atoms with Crippen LogP contribution in [0.15, 0.2) is 12.3 Å². The van der Waals surface area contributed by atoms with Crippen LogP contribution in [0.3, 0.4) is 0 Å². The van der Waals surface area contributed by atoms with Crippen LogP contribution in [0.4, 0.5) is 13.2 Å². The number of hydrogen-bond donors (Lipinski definition) is 0. The van der Waals surface area contributed by atoms with E-state index in [0.29, 0.717) is 5.56 Å². The third kappa shape index (κ3) is 1.56. The average Bonchev–Trinajstić information content (AvgIpc) is 2.08. The van der Waals surface area contributed by atoms with Crippen molar-refractivity contribution in [2.75, 3.05) is 0 Å². The Morgan fingerprint density at radius 1 is 1.36 bits per heavy atom. The van der Waals surface area contributed by atoms with E-state index < -0.39 is 11.9 Å². The molecule has 0 spiro atoms. The molecule has 1 aromatic rings. The first-order chi connectivity index (χ1) is 4.91.